The first-order valence-corrected chi connectivity index (χ1v) is 6.28. The highest BCUT2D eigenvalue weighted by molar-refractivity contribution is 5.83. The van der Waals surface area contributed by atoms with E-state index in [9.17, 15) is 4.39 Å². The number of rotatable bonds is 3. The molecule has 1 N–H and O–H groups in total. The summed E-state index contributed by atoms with van der Waals surface area (Å²) in [7, 11) is 0. The molecule has 0 bridgehead atoms. The van der Waals surface area contributed by atoms with Crippen molar-refractivity contribution < 1.29 is 4.39 Å². The van der Waals surface area contributed by atoms with Crippen molar-refractivity contribution in [3.05, 3.63) is 78.1 Å². The lowest BCUT2D eigenvalue weighted by molar-refractivity contribution is 0.628. The van der Waals surface area contributed by atoms with Gasteiger partial charge in [0.1, 0.15) is 5.82 Å². The Labute approximate surface area is 111 Å². The van der Waals surface area contributed by atoms with E-state index in [-0.39, 0.29) is 5.82 Å². The van der Waals surface area contributed by atoms with E-state index >= 15 is 0 Å². The van der Waals surface area contributed by atoms with Gasteiger partial charge in [0, 0.05) is 12.2 Å². The Kier molecular flexibility index (Phi) is 3.15. The number of halogens is 1. The molecule has 0 saturated carbocycles. The van der Waals surface area contributed by atoms with Crippen LogP contribution in [0.4, 0.5) is 10.1 Å². The minimum absolute atomic E-state index is 0.219. The first kappa shape index (κ1) is 11.7. The zero-order valence-corrected chi connectivity index (χ0v) is 10.4. The van der Waals surface area contributed by atoms with Crippen molar-refractivity contribution in [1.29, 1.82) is 0 Å². The van der Waals surface area contributed by atoms with Gasteiger partial charge >= 0.3 is 0 Å². The summed E-state index contributed by atoms with van der Waals surface area (Å²) in [5.74, 6) is -0.219. The summed E-state index contributed by atoms with van der Waals surface area (Å²) >= 11 is 0. The Morgan fingerprint density at radius 3 is 2.47 bits per heavy atom. The third kappa shape index (κ3) is 2.74. The third-order valence-electron chi connectivity index (χ3n) is 3.14. The Bertz CT molecular complexity index is 706. The maximum atomic E-state index is 13.1. The highest BCUT2D eigenvalue weighted by Crippen LogP contribution is 2.17. The number of hydrogen-bond acceptors (Lipinski definition) is 1. The van der Waals surface area contributed by atoms with Crippen LogP contribution < -0.4 is 5.32 Å². The van der Waals surface area contributed by atoms with E-state index in [0.29, 0.717) is 6.54 Å². The van der Waals surface area contributed by atoms with Gasteiger partial charge < -0.3 is 5.32 Å². The molecule has 0 aromatic heterocycles. The molecule has 0 heterocycles. The van der Waals surface area contributed by atoms with E-state index in [0.717, 1.165) is 5.69 Å². The highest BCUT2D eigenvalue weighted by atomic mass is 19.1. The summed E-state index contributed by atoms with van der Waals surface area (Å²) in [6, 6.07) is 21.1. The molecule has 0 spiro atoms. The molecule has 2 heteroatoms. The number of nitrogens with one attached hydrogen (secondary N) is 1. The lowest BCUT2D eigenvalue weighted by Crippen LogP contribution is -1.99. The van der Waals surface area contributed by atoms with Crippen LogP contribution in [0.3, 0.4) is 0 Å². The molecule has 3 aromatic rings. The lowest BCUT2D eigenvalue weighted by Gasteiger charge is -2.07. The maximum absolute atomic E-state index is 13.1. The number of fused-ring (bicyclic) bond motifs is 1. The second-order valence-electron chi connectivity index (χ2n) is 4.55. The van der Waals surface area contributed by atoms with Crippen LogP contribution in [0.5, 0.6) is 0 Å². The van der Waals surface area contributed by atoms with Gasteiger partial charge in [-0.1, -0.05) is 42.5 Å². The van der Waals surface area contributed by atoms with Crippen LogP contribution in [0.15, 0.2) is 66.7 Å². The molecule has 0 saturated heterocycles. The Balaban J connectivity index is 1.78. The first-order chi connectivity index (χ1) is 9.31. The Morgan fingerprint density at radius 1 is 0.789 bits per heavy atom. The molecule has 0 atom stereocenters. The van der Waals surface area contributed by atoms with Crippen molar-refractivity contribution in [2.75, 3.05) is 5.32 Å². The predicted octanol–water partition coefficient (Wildman–Crippen LogP) is 4.59. The predicted molar refractivity (Wildman–Crippen MR) is 77.7 cm³/mol. The van der Waals surface area contributed by atoms with Gasteiger partial charge in [0.05, 0.1) is 0 Å². The zero-order chi connectivity index (χ0) is 13.1. The summed E-state index contributed by atoms with van der Waals surface area (Å²) in [6.07, 6.45) is 0. The fourth-order valence-electron chi connectivity index (χ4n) is 2.15. The van der Waals surface area contributed by atoms with Crippen LogP contribution in [0.2, 0.25) is 0 Å². The van der Waals surface area contributed by atoms with Crippen LogP contribution in [0.1, 0.15) is 5.56 Å². The minimum atomic E-state index is -0.219. The molecule has 19 heavy (non-hydrogen) atoms. The zero-order valence-electron chi connectivity index (χ0n) is 10.4. The van der Waals surface area contributed by atoms with Crippen molar-refractivity contribution in [3.63, 3.8) is 0 Å². The normalized spacial score (nSPS) is 10.6. The quantitative estimate of drug-likeness (QED) is 0.717. The number of hydrogen-bond donors (Lipinski definition) is 1. The molecule has 94 valence electrons. The van der Waals surface area contributed by atoms with E-state index in [4.69, 9.17) is 0 Å². The fourth-order valence-corrected chi connectivity index (χ4v) is 2.15. The van der Waals surface area contributed by atoms with Crippen LogP contribution in [-0.2, 0) is 6.54 Å². The van der Waals surface area contributed by atoms with Gasteiger partial charge in [-0.25, -0.2) is 4.39 Å². The summed E-state index contributed by atoms with van der Waals surface area (Å²) in [6.45, 7) is 0.689. The van der Waals surface area contributed by atoms with Gasteiger partial charge in [0.15, 0.2) is 0 Å². The lowest BCUT2D eigenvalue weighted by atomic mass is 10.1. The van der Waals surface area contributed by atoms with Crippen LogP contribution in [-0.4, -0.2) is 0 Å². The average molecular weight is 251 g/mol. The monoisotopic (exact) mass is 251 g/mol. The van der Waals surface area contributed by atoms with E-state index in [1.54, 1.807) is 6.07 Å². The van der Waals surface area contributed by atoms with Crippen molar-refractivity contribution in [1.82, 2.24) is 0 Å². The van der Waals surface area contributed by atoms with Crippen LogP contribution >= 0.6 is 0 Å². The molecule has 0 aliphatic carbocycles. The first-order valence-electron chi connectivity index (χ1n) is 6.28. The van der Waals surface area contributed by atoms with Gasteiger partial charge in [0.2, 0.25) is 0 Å². The van der Waals surface area contributed by atoms with E-state index < -0.39 is 0 Å². The second kappa shape index (κ2) is 5.11. The van der Waals surface area contributed by atoms with E-state index in [1.165, 1.54) is 28.5 Å². The molecule has 1 nitrogen and oxygen atoms in total. The van der Waals surface area contributed by atoms with Crippen LogP contribution in [0.25, 0.3) is 10.8 Å². The highest BCUT2D eigenvalue weighted by Gasteiger charge is 1.98. The topological polar surface area (TPSA) is 12.0 Å². The van der Waals surface area contributed by atoms with Gasteiger partial charge in [-0.2, -0.15) is 0 Å². The largest absolute Gasteiger partial charge is 0.381 e. The average Bonchev–Trinajstić information content (AvgIpc) is 2.45. The summed E-state index contributed by atoms with van der Waals surface area (Å²) in [4.78, 5) is 0. The Hall–Kier alpha value is -2.35. The molecule has 0 fully saturated rings. The molecule has 0 aliphatic rings. The van der Waals surface area contributed by atoms with Gasteiger partial charge in [-0.3, -0.25) is 0 Å². The summed E-state index contributed by atoms with van der Waals surface area (Å²) in [5, 5.41) is 5.68. The minimum Gasteiger partial charge on any atom is -0.381 e. The van der Waals surface area contributed by atoms with E-state index in [2.05, 4.69) is 35.6 Å². The van der Waals surface area contributed by atoms with Crippen molar-refractivity contribution in [2.45, 2.75) is 6.54 Å². The maximum Gasteiger partial charge on any atom is 0.125 e. The molecule has 0 aliphatic heterocycles. The molecule has 0 unspecified atom stereocenters. The van der Waals surface area contributed by atoms with Crippen molar-refractivity contribution >= 4 is 16.5 Å². The molecule has 3 aromatic carbocycles. The molecule has 0 amide bonds. The van der Waals surface area contributed by atoms with Gasteiger partial charge in [-0.05, 0) is 40.6 Å². The number of benzene rings is 3. The molecular weight excluding hydrogens is 237 g/mol. The SMILES string of the molecule is Fc1cccc(NCc2ccc3ccccc3c2)c1. The fraction of sp³-hybridized carbons (Fsp3) is 0.0588. The summed E-state index contributed by atoms with van der Waals surface area (Å²) in [5.41, 5.74) is 1.98. The van der Waals surface area contributed by atoms with Crippen molar-refractivity contribution in [2.24, 2.45) is 0 Å². The van der Waals surface area contributed by atoms with Crippen LogP contribution in [0, 0.1) is 5.82 Å². The van der Waals surface area contributed by atoms with Crippen molar-refractivity contribution in [3.8, 4) is 0 Å². The third-order valence-corrected chi connectivity index (χ3v) is 3.14. The molecule has 3 rings (SSSR count). The molecular formula is C17H14FN. The smallest absolute Gasteiger partial charge is 0.125 e. The summed E-state index contributed by atoms with van der Waals surface area (Å²) < 4.78 is 13.1. The van der Waals surface area contributed by atoms with Gasteiger partial charge in [0.25, 0.3) is 0 Å². The standard InChI is InChI=1S/C17H14FN/c18-16-6-3-7-17(11-16)19-12-13-8-9-14-4-1-2-5-15(14)10-13/h1-11,19H,12H2. The Morgan fingerprint density at radius 2 is 1.63 bits per heavy atom. The van der Waals surface area contributed by atoms with Gasteiger partial charge in [-0.15, -0.1) is 0 Å². The van der Waals surface area contributed by atoms with E-state index in [1.807, 2.05) is 18.2 Å². The number of anilines is 1. The molecule has 0 radical (unpaired) electrons. The second-order valence-corrected chi connectivity index (χ2v) is 4.55.